The average Bonchev–Trinajstić information content (AvgIpc) is 2.67. The molecule has 0 saturated carbocycles. The molecule has 0 bridgehead atoms. The summed E-state index contributed by atoms with van der Waals surface area (Å²) in [4.78, 5) is 30.8. The van der Waals surface area contributed by atoms with Crippen LogP contribution < -0.4 is 10.3 Å². The molecule has 6 heteroatoms. The van der Waals surface area contributed by atoms with Gasteiger partial charge < -0.3 is 14.8 Å². The van der Waals surface area contributed by atoms with Crippen LogP contribution in [-0.2, 0) is 0 Å². The highest BCUT2D eigenvalue weighted by molar-refractivity contribution is 5.93. The Morgan fingerprint density at radius 2 is 1.96 bits per heavy atom. The second kappa shape index (κ2) is 8.49. The lowest BCUT2D eigenvalue weighted by Gasteiger charge is -2.11. The number of rotatable bonds is 8. The lowest BCUT2D eigenvalue weighted by Crippen LogP contribution is -2.11. The van der Waals surface area contributed by atoms with Crippen molar-refractivity contribution in [1.82, 2.24) is 9.97 Å². The third kappa shape index (κ3) is 4.34. The number of nitrogens with zero attached hydrogens (tertiary/aromatic N) is 1. The summed E-state index contributed by atoms with van der Waals surface area (Å²) in [5.41, 5.74) is 0.819. The Labute approximate surface area is 156 Å². The van der Waals surface area contributed by atoms with Crippen LogP contribution in [0.15, 0.2) is 47.3 Å². The summed E-state index contributed by atoms with van der Waals surface area (Å²) in [6, 6.07) is 11.8. The SMILES string of the molecule is CCCCCCOc1ccccc1-c1nc2ccc(C(=O)O)cc2c(=O)[nH]1. The Kier molecular flexibility index (Phi) is 5.86. The maximum Gasteiger partial charge on any atom is 0.335 e. The van der Waals surface area contributed by atoms with Gasteiger partial charge in [0.2, 0.25) is 0 Å². The molecule has 6 nitrogen and oxygen atoms in total. The summed E-state index contributed by atoms with van der Waals surface area (Å²) >= 11 is 0. The number of ether oxygens (including phenoxy) is 1. The van der Waals surface area contributed by atoms with Crippen molar-refractivity contribution in [3.63, 3.8) is 0 Å². The minimum Gasteiger partial charge on any atom is -0.493 e. The quantitative estimate of drug-likeness (QED) is 0.582. The molecule has 140 valence electrons. The van der Waals surface area contributed by atoms with Crippen molar-refractivity contribution in [1.29, 1.82) is 0 Å². The standard InChI is InChI=1S/C21H22N2O4/c1-2-3-4-7-12-27-18-9-6-5-8-15(18)19-22-17-11-10-14(21(25)26)13-16(17)20(24)23-19/h5-6,8-11,13H,2-4,7,12H2,1H3,(H,25,26)(H,22,23,24). The maximum atomic E-state index is 12.5. The highest BCUT2D eigenvalue weighted by Gasteiger charge is 2.12. The third-order valence-electron chi connectivity index (χ3n) is 4.35. The number of carbonyl (C=O) groups is 1. The van der Waals surface area contributed by atoms with Gasteiger partial charge in [0.25, 0.3) is 5.56 Å². The molecule has 27 heavy (non-hydrogen) atoms. The number of aromatic amines is 1. The minimum atomic E-state index is -1.08. The van der Waals surface area contributed by atoms with E-state index >= 15 is 0 Å². The Morgan fingerprint density at radius 3 is 2.74 bits per heavy atom. The first-order valence-corrected chi connectivity index (χ1v) is 9.09. The lowest BCUT2D eigenvalue weighted by molar-refractivity contribution is 0.0697. The van der Waals surface area contributed by atoms with Gasteiger partial charge in [0.15, 0.2) is 0 Å². The van der Waals surface area contributed by atoms with Gasteiger partial charge in [-0.15, -0.1) is 0 Å². The first-order valence-electron chi connectivity index (χ1n) is 9.09. The van der Waals surface area contributed by atoms with Gasteiger partial charge in [-0.05, 0) is 36.8 Å². The van der Waals surface area contributed by atoms with E-state index in [2.05, 4.69) is 16.9 Å². The Balaban J connectivity index is 1.92. The van der Waals surface area contributed by atoms with Crippen LogP contribution in [0.5, 0.6) is 5.75 Å². The number of nitrogens with one attached hydrogen (secondary N) is 1. The van der Waals surface area contributed by atoms with E-state index < -0.39 is 5.97 Å². The van der Waals surface area contributed by atoms with Crippen molar-refractivity contribution >= 4 is 16.9 Å². The number of fused-ring (bicyclic) bond motifs is 1. The predicted molar refractivity (Wildman–Crippen MR) is 104 cm³/mol. The van der Waals surface area contributed by atoms with E-state index in [0.717, 1.165) is 12.8 Å². The number of aromatic nitrogens is 2. The summed E-state index contributed by atoms with van der Waals surface area (Å²) in [5.74, 6) is -0.0133. The molecular formula is C21H22N2O4. The van der Waals surface area contributed by atoms with Crippen LogP contribution in [0, 0.1) is 0 Å². The molecule has 1 heterocycles. The Hall–Kier alpha value is -3.15. The van der Waals surface area contributed by atoms with Crippen LogP contribution in [0.25, 0.3) is 22.3 Å². The van der Waals surface area contributed by atoms with Gasteiger partial charge in [0.05, 0.1) is 28.6 Å². The van der Waals surface area contributed by atoms with Crippen LogP contribution in [-0.4, -0.2) is 27.7 Å². The average molecular weight is 366 g/mol. The van der Waals surface area contributed by atoms with Gasteiger partial charge in [-0.1, -0.05) is 38.3 Å². The van der Waals surface area contributed by atoms with Crippen molar-refractivity contribution < 1.29 is 14.6 Å². The highest BCUT2D eigenvalue weighted by atomic mass is 16.5. The van der Waals surface area contributed by atoms with Crippen molar-refractivity contribution in [3.05, 3.63) is 58.4 Å². The minimum absolute atomic E-state index is 0.0540. The molecule has 0 amide bonds. The fraction of sp³-hybridized carbons (Fsp3) is 0.286. The number of H-pyrrole nitrogens is 1. The molecule has 0 aliphatic heterocycles. The van der Waals surface area contributed by atoms with E-state index in [-0.39, 0.29) is 16.5 Å². The smallest absolute Gasteiger partial charge is 0.335 e. The second-order valence-electron chi connectivity index (χ2n) is 6.36. The largest absolute Gasteiger partial charge is 0.493 e. The lowest BCUT2D eigenvalue weighted by atomic mass is 10.1. The van der Waals surface area contributed by atoms with Gasteiger partial charge >= 0.3 is 5.97 Å². The first kappa shape index (κ1) is 18.6. The molecular weight excluding hydrogens is 344 g/mol. The summed E-state index contributed by atoms with van der Waals surface area (Å²) in [7, 11) is 0. The van der Waals surface area contributed by atoms with Crippen molar-refractivity contribution in [2.45, 2.75) is 32.6 Å². The summed E-state index contributed by atoms with van der Waals surface area (Å²) < 4.78 is 5.90. The number of hydrogen-bond acceptors (Lipinski definition) is 4. The fourth-order valence-electron chi connectivity index (χ4n) is 2.90. The molecule has 2 aromatic carbocycles. The summed E-state index contributed by atoms with van der Waals surface area (Å²) in [6.07, 6.45) is 4.45. The molecule has 0 aliphatic carbocycles. The van der Waals surface area contributed by atoms with Crippen LogP contribution in [0.3, 0.4) is 0 Å². The molecule has 3 rings (SSSR count). The third-order valence-corrected chi connectivity index (χ3v) is 4.35. The molecule has 0 saturated heterocycles. The van der Waals surface area contributed by atoms with Gasteiger partial charge in [-0.3, -0.25) is 4.79 Å². The number of carboxylic acid groups (broad SMARTS) is 1. The number of aromatic carboxylic acids is 1. The zero-order valence-electron chi connectivity index (χ0n) is 15.2. The Bertz CT molecular complexity index is 1010. The van der Waals surface area contributed by atoms with Gasteiger partial charge in [0.1, 0.15) is 11.6 Å². The summed E-state index contributed by atoms with van der Waals surface area (Å²) in [6.45, 7) is 2.77. The molecule has 1 aromatic heterocycles. The van der Waals surface area contributed by atoms with Crippen molar-refractivity contribution in [2.24, 2.45) is 0 Å². The zero-order chi connectivity index (χ0) is 19.2. The van der Waals surface area contributed by atoms with Crippen LogP contribution >= 0.6 is 0 Å². The molecule has 2 N–H and O–H groups in total. The molecule has 0 spiro atoms. The number of hydrogen-bond donors (Lipinski definition) is 2. The van der Waals surface area contributed by atoms with Crippen LogP contribution in [0.4, 0.5) is 0 Å². The zero-order valence-corrected chi connectivity index (χ0v) is 15.2. The number of carboxylic acids is 1. The van der Waals surface area contributed by atoms with Gasteiger partial charge in [0, 0.05) is 0 Å². The van der Waals surface area contributed by atoms with Crippen molar-refractivity contribution in [3.8, 4) is 17.1 Å². The topological polar surface area (TPSA) is 92.3 Å². The van der Waals surface area contributed by atoms with Gasteiger partial charge in [-0.2, -0.15) is 0 Å². The van der Waals surface area contributed by atoms with E-state index in [9.17, 15) is 9.59 Å². The summed E-state index contributed by atoms with van der Waals surface area (Å²) in [5, 5.41) is 9.34. The monoisotopic (exact) mass is 366 g/mol. The van der Waals surface area contributed by atoms with Crippen LogP contribution in [0.1, 0.15) is 43.0 Å². The van der Waals surface area contributed by atoms with Crippen molar-refractivity contribution in [2.75, 3.05) is 6.61 Å². The van der Waals surface area contributed by atoms with E-state index in [0.29, 0.717) is 29.3 Å². The molecule has 0 unspecified atom stereocenters. The highest BCUT2D eigenvalue weighted by Crippen LogP contribution is 2.27. The second-order valence-corrected chi connectivity index (χ2v) is 6.36. The predicted octanol–water partition coefficient (Wildman–Crippen LogP) is 4.25. The fourth-order valence-corrected chi connectivity index (χ4v) is 2.90. The molecule has 0 atom stereocenters. The van der Waals surface area contributed by atoms with E-state index in [4.69, 9.17) is 9.84 Å². The molecule has 3 aromatic rings. The number of benzene rings is 2. The molecule has 0 radical (unpaired) electrons. The maximum absolute atomic E-state index is 12.5. The van der Waals surface area contributed by atoms with E-state index in [1.807, 2.05) is 24.3 Å². The van der Waals surface area contributed by atoms with E-state index in [1.54, 1.807) is 6.07 Å². The molecule has 0 aliphatic rings. The molecule has 0 fully saturated rings. The first-order chi connectivity index (χ1) is 13.1. The van der Waals surface area contributed by atoms with Gasteiger partial charge in [-0.25, -0.2) is 9.78 Å². The van der Waals surface area contributed by atoms with Crippen LogP contribution in [0.2, 0.25) is 0 Å². The Morgan fingerprint density at radius 1 is 1.15 bits per heavy atom. The van der Waals surface area contributed by atoms with E-state index in [1.165, 1.54) is 25.0 Å². The number of para-hydroxylation sites is 1. The number of unbranched alkanes of at least 4 members (excludes halogenated alkanes) is 3. The normalized spacial score (nSPS) is 10.9.